The van der Waals surface area contributed by atoms with Gasteiger partial charge in [0.2, 0.25) is 0 Å². The molecule has 0 spiro atoms. The second kappa shape index (κ2) is 9.44. The number of para-hydroxylation sites is 1. The standard InChI is InChI=1S/C20H35N3O3S/c1-8-21-18(22-13-14-27(24,25)20(5,6)7)23-15-16-11-9-10-12-17(16)26-19(2,3)4/h9-12H,8,13-15H2,1-7H3,(H2,21,22,23). The molecule has 6 nitrogen and oxygen atoms in total. The van der Waals surface area contributed by atoms with Gasteiger partial charge >= 0.3 is 0 Å². The third kappa shape index (κ3) is 8.20. The minimum absolute atomic E-state index is 0.0602. The summed E-state index contributed by atoms with van der Waals surface area (Å²) in [5, 5.41) is 6.25. The lowest BCUT2D eigenvalue weighted by Crippen LogP contribution is -2.41. The average molecular weight is 398 g/mol. The Hall–Kier alpha value is -1.76. The van der Waals surface area contributed by atoms with Crippen LogP contribution in [0, 0.1) is 0 Å². The SMILES string of the molecule is CCNC(=NCc1ccccc1OC(C)(C)C)NCCS(=O)(=O)C(C)(C)C. The number of nitrogens with one attached hydrogen (secondary N) is 2. The van der Waals surface area contributed by atoms with Crippen molar-refractivity contribution < 1.29 is 13.2 Å². The van der Waals surface area contributed by atoms with Crippen LogP contribution < -0.4 is 15.4 Å². The lowest BCUT2D eigenvalue weighted by molar-refractivity contribution is 0.129. The first-order chi connectivity index (χ1) is 12.4. The first-order valence-electron chi connectivity index (χ1n) is 9.37. The number of guanidine groups is 1. The zero-order valence-corrected chi connectivity index (χ0v) is 18.5. The van der Waals surface area contributed by atoms with E-state index in [1.165, 1.54) is 0 Å². The van der Waals surface area contributed by atoms with Gasteiger partial charge < -0.3 is 15.4 Å². The second-order valence-electron chi connectivity index (χ2n) is 8.38. The average Bonchev–Trinajstić information content (AvgIpc) is 2.51. The minimum Gasteiger partial charge on any atom is -0.488 e. The van der Waals surface area contributed by atoms with Crippen molar-refractivity contribution in [3.05, 3.63) is 29.8 Å². The highest BCUT2D eigenvalue weighted by molar-refractivity contribution is 7.92. The summed E-state index contributed by atoms with van der Waals surface area (Å²) in [4.78, 5) is 4.58. The molecule has 1 rings (SSSR count). The van der Waals surface area contributed by atoms with Gasteiger partial charge in [-0.2, -0.15) is 0 Å². The van der Waals surface area contributed by atoms with Gasteiger partial charge in [-0.1, -0.05) is 18.2 Å². The van der Waals surface area contributed by atoms with E-state index >= 15 is 0 Å². The van der Waals surface area contributed by atoms with Gasteiger partial charge in [-0.3, -0.25) is 0 Å². The van der Waals surface area contributed by atoms with Crippen molar-refractivity contribution in [3.8, 4) is 5.75 Å². The number of ether oxygens (including phenoxy) is 1. The number of nitrogens with zero attached hydrogens (tertiary/aromatic N) is 1. The number of sulfone groups is 1. The Morgan fingerprint density at radius 1 is 1.07 bits per heavy atom. The summed E-state index contributed by atoms with van der Waals surface area (Å²) in [5.41, 5.74) is 0.691. The third-order valence-electron chi connectivity index (χ3n) is 3.74. The summed E-state index contributed by atoms with van der Waals surface area (Å²) < 4.78 is 29.7. The van der Waals surface area contributed by atoms with Crippen LogP contribution in [0.4, 0.5) is 0 Å². The van der Waals surface area contributed by atoms with Crippen molar-refractivity contribution in [2.45, 2.75) is 65.4 Å². The zero-order chi connectivity index (χ0) is 20.7. The van der Waals surface area contributed by atoms with Gasteiger partial charge in [-0.25, -0.2) is 13.4 Å². The lowest BCUT2D eigenvalue weighted by atomic mass is 10.1. The smallest absolute Gasteiger partial charge is 0.191 e. The highest BCUT2D eigenvalue weighted by Crippen LogP contribution is 2.23. The molecule has 0 bridgehead atoms. The number of rotatable bonds is 7. The van der Waals surface area contributed by atoms with Crippen LogP contribution >= 0.6 is 0 Å². The fraction of sp³-hybridized carbons (Fsp3) is 0.650. The predicted molar refractivity (Wildman–Crippen MR) is 113 cm³/mol. The number of benzene rings is 1. The molecule has 7 heteroatoms. The maximum Gasteiger partial charge on any atom is 0.191 e. The number of hydrogen-bond donors (Lipinski definition) is 2. The Balaban J connectivity index is 2.81. The van der Waals surface area contributed by atoms with E-state index < -0.39 is 14.6 Å². The van der Waals surface area contributed by atoms with E-state index in [2.05, 4.69) is 15.6 Å². The van der Waals surface area contributed by atoms with Crippen LogP contribution in [-0.4, -0.2) is 43.6 Å². The second-order valence-corrected chi connectivity index (χ2v) is 11.2. The Bertz CT molecular complexity index is 730. The Morgan fingerprint density at radius 2 is 1.70 bits per heavy atom. The van der Waals surface area contributed by atoms with Crippen molar-refractivity contribution in [1.29, 1.82) is 0 Å². The van der Waals surface area contributed by atoms with Gasteiger partial charge in [-0.15, -0.1) is 0 Å². The molecule has 0 saturated carbocycles. The van der Waals surface area contributed by atoms with Crippen LogP contribution in [0.15, 0.2) is 29.3 Å². The maximum absolute atomic E-state index is 12.2. The van der Waals surface area contributed by atoms with Crippen molar-refractivity contribution in [2.75, 3.05) is 18.8 Å². The molecular formula is C20H35N3O3S. The molecule has 0 heterocycles. The zero-order valence-electron chi connectivity index (χ0n) is 17.7. The summed E-state index contributed by atoms with van der Waals surface area (Å²) >= 11 is 0. The molecular weight excluding hydrogens is 362 g/mol. The van der Waals surface area contributed by atoms with Gasteiger partial charge in [0.15, 0.2) is 15.8 Å². The summed E-state index contributed by atoms with van der Waals surface area (Å²) in [5.74, 6) is 1.46. The molecule has 1 aromatic carbocycles. The van der Waals surface area contributed by atoms with Crippen LogP contribution in [0.2, 0.25) is 0 Å². The molecule has 154 valence electrons. The highest BCUT2D eigenvalue weighted by atomic mass is 32.2. The van der Waals surface area contributed by atoms with Crippen LogP contribution in [0.5, 0.6) is 5.75 Å². The van der Waals surface area contributed by atoms with E-state index in [-0.39, 0.29) is 11.4 Å². The molecule has 27 heavy (non-hydrogen) atoms. The fourth-order valence-corrected chi connectivity index (χ4v) is 3.16. The van der Waals surface area contributed by atoms with Crippen LogP contribution in [-0.2, 0) is 16.4 Å². The summed E-state index contributed by atoms with van der Waals surface area (Å²) in [6.45, 7) is 14.6. The van der Waals surface area contributed by atoms with E-state index in [4.69, 9.17) is 4.74 Å². The van der Waals surface area contributed by atoms with Crippen molar-refractivity contribution in [2.24, 2.45) is 4.99 Å². The van der Waals surface area contributed by atoms with Crippen molar-refractivity contribution >= 4 is 15.8 Å². The van der Waals surface area contributed by atoms with Gasteiger partial charge in [0.1, 0.15) is 11.4 Å². The molecule has 0 aliphatic heterocycles. The first kappa shape index (κ1) is 23.3. The Labute approximate surface area is 164 Å². The van der Waals surface area contributed by atoms with Crippen molar-refractivity contribution in [1.82, 2.24) is 10.6 Å². The molecule has 0 atom stereocenters. The number of hydrogen-bond acceptors (Lipinski definition) is 4. The summed E-state index contributed by atoms with van der Waals surface area (Å²) in [7, 11) is -3.17. The molecule has 0 radical (unpaired) electrons. The van der Waals surface area contributed by atoms with Crippen molar-refractivity contribution in [3.63, 3.8) is 0 Å². The molecule has 0 aliphatic rings. The van der Waals surface area contributed by atoms with E-state index in [1.807, 2.05) is 52.0 Å². The first-order valence-corrected chi connectivity index (χ1v) is 11.0. The van der Waals surface area contributed by atoms with Crippen LogP contribution in [0.3, 0.4) is 0 Å². The van der Waals surface area contributed by atoms with E-state index in [0.29, 0.717) is 25.6 Å². The highest BCUT2D eigenvalue weighted by Gasteiger charge is 2.28. The number of aliphatic imine (C=N–C) groups is 1. The van der Waals surface area contributed by atoms with E-state index in [9.17, 15) is 8.42 Å². The fourth-order valence-electron chi connectivity index (χ4n) is 2.18. The molecule has 0 aromatic heterocycles. The molecule has 2 N–H and O–H groups in total. The minimum atomic E-state index is -3.17. The Kier molecular flexibility index (Phi) is 8.14. The summed E-state index contributed by atoms with van der Waals surface area (Å²) in [6.07, 6.45) is 0. The normalized spacial score (nSPS) is 13.4. The molecule has 0 unspecified atom stereocenters. The van der Waals surface area contributed by atoms with Crippen LogP contribution in [0.1, 0.15) is 54.0 Å². The predicted octanol–water partition coefficient (Wildman–Crippen LogP) is 3.13. The van der Waals surface area contributed by atoms with Gasteiger partial charge in [0.05, 0.1) is 17.0 Å². The summed E-state index contributed by atoms with van der Waals surface area (Å²) in [6, 6.07) is 7.82. The maximum atomic E-state index is 12.2. The monoisotopic (exact) mass is 397 g/mol. The molecule has 1 aromatic rings. The van der Waals surface area contributed by atoms with Gasteiger partial charge in [0.25, 0.3) is 0 Å². The third-order valence-corrected chi connectivity index (χ3v) is 6.34. The van der Waals surface area contributed by atoms with Crippen LogP contribution in [0.25, 0.3) is 0 Å². The van der Waals surface area contributed by atoms with E-state index in [1.54, 1.807) is 20.8 Å². The largest absolute Gasteiger partial charge is 0.488 e. The van der Waals surface area contributed by atoms with Gasteiger partial charge in [0, 0.05) is 18.7 Å². The van der Waals surface area contributed by atoms with E-state index in [0.717, 1.165) is 11.3 Å². The quantitative estimate of drug-likeness (QED) is 0.546. The topological polar surface area (TPSA) is 79.8 Å². The molecule has 0 fully saturated rings. The molecule has 0 aliphatic carbocycles. The Morgan fingerprint density at radius 3 is 2.26 bits per heavy atom. The molecule has 0 amide bonds. The van der Waals surface area contributed by atoms with Gasteiger partial charge in [-0.05, 0) is 54.5 Å². The lowest BCUT2D eigenvalue weighted by Gasteiger charge is -2.23. The molecule has 0 saturated heterocycles.